The van der Waals surface area contributed by atoms with Crippen LogP contribution in [0.4, 0.5) is 0 Å². The molecule has 4 saturated carbocycles. The molecule has 0 N–H and O–H groups in total. The topological polar surface area (TPSA) is 0 Å². The fourth-order valence-corrected chi connectivity index (χ4v) is 35.2. The highest BCUT2D eigenvalue weighted by molar-refractivity contribution is 9.54. The van der Waals surface area contributed by atoms with Gasteiger partial charge in [-0.25, -0.2) is 0 Å². The van der Waals surface area contributed by atoms with Gasteiger partial charge in [0.05, 0.1) is 12.3 Å². The average Bonchev–Trinajstić information content (AvgIpc) is 2.89. The van der Waals surface area contributed by atoms with E-state index in [-0.39, 0.29) is 8.16 Å². The van der Waals surface area contributed by atoms with E-state index in [2.05, 4.69) is 63.0 Å². The fourth-order valence-electron chi connectivity index (χ4n) is 9.10. The van der Waals surface area contributed by atoms with Crippen molar-refractivity contribution < 1.29 is 0 Å². The Bertz CT molecular complexity index is 512. The Labute approximate surface area is 246 Å². The predicted octanol–water partition coefficient (Wildman–Crippen LogP) is 11.4. The Morgan fingerprint density at radius 3 is 0.765 bits per heavy atom. The molecule has 34 heavy (non-hydrogen) atoms. The van der Waals surface area contributed by atoms with Crippen LogP contribution in [0.1, 0.15) is 128 Å². The smallest absolute Gasteiger partial charge is 0.274 e. The largest absolute Gasteiger partial charge is 0.291 e. The Balaban J connectivity index is 1.68. The van der Waals surface area contributed by atoms with Crippen LogP contribution in [0.5, 0.6) is 0 Å². The van der Waals surface area contributed by atoms with Gasteiger partial charge < -0.3 is 0 Å². The van der Waals surface area contributed by atoms with E-state index in [4.69, 9.17) is 0 Å². The Hall–Kier alpha value is 2.91. The normalized spacial score (nSPS) is 25.9. The zero-order valence-corrected chi connectivity index (χ0v) is 29.8. The standard InChI is InChI=1S/C26H50B2Br4P2/c29-27(30)33(23-13-5-1-6-14-23,24-15-7-2-8-16-24)21-22-34(28(31)32,25-17-9-3-10-18-25)26-19-11-4-12-20-26/h23-28H,1-22H2. The molecule has 0 amide bonds. The molecule has 4 aliphatic rings. The van der Waals surface area contributed by atoms with Crippen LogP contribution in [-0.2, 0) is 0 Å². The van der Waals surface area contributed by atoms with Gasteiger partial charge in [0.15, 0.2) is 0 Å². The van der Waals surface area contributed by atoms with Crippen molar-refractivity contribution in [1.82, 2.24) is 0 Å². The molecule has 0 aromatic heterocycles. The second-order valence-electron chi connectivity index (χ2n) is 12.5. The van der Waals surface area contributed by atoms with Gasteiger partial charge in [-0.2, -0.15) is 0 Å². The first-order valence-corrected chi connectivity index (χ1v) is 24.2. The quantitative estimate of drug-likeness (QED) is 0.162. The molecule has 0 aromatic rings. The molecule has 0 heterocycles. The molecule has 0 saturated heterocycles. The van der Waals surface area contributed by atoms with Crippen molar-refractivity contribution in [3.8, 4) is 0 Å². The van der Waals surface area contributed by atoms with Crippen LogP contribution < -0.4 is 0 Å². The van der Waals surface area contributed by atoms with Gasteiger partial charge >= 0.3 is 0 Å². The van der Waals surface area contributed by atoms with Gasteiger partial charge in [-0.3, -0.25) is 63.0 Å². The highest BCUT2D eigenvalue weighted by Crippen LogP contribution is 2.81. The van der Waals surface area contributed by atoms with Gasteiger partial charge in [0.2, 0.25) is 0 Å². The first kappa shape index (κ1) is 29.9. The summed E-state index contributed by atoms with van der Waals surface area (Å²) in [4.78, 5) is 0. The zero-order chi connectivity index (χ0) is 24.0. The summed E-state index contributed by atoms with van der Waals surface area (Å²) >= 11 is 17.6. The molecule has 8 heteroatoms. The summed E-state index contributed by atoms with van der Waals surface area (Å²) < 4.78 is -0.773. The lowest BCUT2D eigenvalue weighted by Crippen LogP contribution is -2.39. The van der Waals surface area contributed by atoms with E-state index in [0.29, 0.717) is 0 Å². The molecule has 0 atom stereocenters. The maximum atomic E-state index is 4.41. The summed E-state index contributed by atoms with van der Waals surface area (Å²) in [5.74, 6) is 0. The lowest BCUT2D eigenvalue weighted by atomic mass is 9.99. The van der Waals surface area contributed by atoms with E-state index >= 15 is 0 Å². The predicted molar refractivity (Wildman–Crippen MR) is 181 cm³/mol. The van der Waals surface area contributed by atoms with Crippen molar-refractivity contribution in [1.29, 1.82) is 0 Å². The maximum Gasteiger partial charge on any atom is 0.274 e. The molecular weight excluding hydrogens is 715 g/mol. The number of halogens is 4. The third-order valence-electron chi connectivity index (χ3n) is 11.0. The molecule has 0 bridgehead atoms. The zero-order valence-electron chi connectivity index (χ0n) is 21.7. The minimum absolute atomic E-state index is 0.387. The average molecular weight is 766 g/mol. The van der Waals surface area contributed by atoms with E-state index < -0.39 is 14.3 Å². The lowest BCUT2D eigenvalue weighted by Gasteiger charge is -2.55. The molecule has 0 aliphatic heterocycles. The molecule has 4 aliphatic carbocycles. The van der Waals surface area contributed by atoms with Gasteiger partial charge in [-0.1, -0.05) is 25.7 Å². The van der Waals surface area contributed by atoms with Gasteiger partial charge in [0.25, 0.3) is 8.16 Å². The second kappa shape index (κ2) is 14.5. The van der Waals surface area contributed by atoms with Gasteiger partial charge in [0, 0.05) is 22.6 Å². The summed E-state index contributed by atoms with van der Waals surface area (Å²) in [6.07, 6.45) is 33.9. The minimum atomic E-state index is -1.04. The highest BCUT2D eigenvalue weighted by atomic mass is 79.9. The van der Waals surface area contributed by atoms with Crippen molar-refractivity contribution in [3.05, 3.63) is 0 Å². The van der Waals surface area contributed by atoms with Gasteiger partial charge in [0.1, 0.15) is 0 Å². The first-order valence-electron chi connectivity index (χ1n) is 15.1. The van der Waals surface area contributed by atoms with Gasteiger partial charge in [-0.05, 0) is 103 Å². The van der Waals surface area contributed by atoms with Crippen molar-refractivity contribution >= 4 is 85.5 Å². The van der Waals surface area contributed by atoms with Crippen LogP contribution in [-0.4, -0.2) is 43.1 Å². The second-order valence-corrected chi connectivity index (χ2v) is 33.0. The SMILES string of the molecule is Br[BH-](Br)[P+](CC[P+]([BH-](Br)Br)(C1CCCCC1)C1CCCCC1)(C1CCCCC1)C1CCCCC1. The van der Waals surface area contributed by atoms with Crippen molar-refractivity contribution in [2.75, 3.05) is 12.3 Å². The molecule has 198 valence electrons. The highest BCUT2D eigenvalue weighted by Gasteiger charge is 2.55. The minimum Gasteiger partial charge on any atom is -0.291 e. The Morgan fingerprint density at radius 2 is 0.588 bits per heavy atom. The molecule has 0 aromatic carbocycles. The number of rotatable bonds is 9. The summed E-state index contributed by atoms with van der Waals surface area (Å²) in [5, 5.41) is 0. The Kier molecular flexibility index (Phi) is 12.8. The summed E-state index contributed by atoms with van der Waals surface area (Å²) in [5.41, 5.74) is 4.28. The lowest BCUT2D eigenvalue weighted by molar-refractivity contribution is 0.479. The van der Waals surface area contributed by atoms with Crippen molar-refractivity contribution in [2.24, 2.45) is 0 Å². The summed E-state index contributed by atoms with van der Waals surface area (Å²) in [6.45, 7) is 0. The summed E-state index contributed by atoms with van der Waals surface area (Å²) in [6, 6.07) is 0. The van der Waals surface area contributed by atoms with E-state index in [9.17, 15) is 0 Å². The number of hydrogen-bond donors (Lipinski definition) is 0. The Morgan fingerprint density at radius 1 is 0.382 bits per heavy atom. The molecule has 0 radical (unpaired) electrons. The van der Waals surface area contributed by atoms with Gasteiger partial charge in [-0.15, -0.1) is 14.3 Å². The van der Waals surface area contributed by atoms with E-state index in [1.807, 2.05) is 0 Å². The van der Waals surface area contributed by atoms with Crippen LogP contribution >= 0.6 is 77.3 Å². The van der Waals surface area contributed by atoms with E-state index in [1.165, 1.54) is 77.0 Å². The third kappa shape index (κ3) is 6.61. The molecule has 4 fully saturated rings. The number of hydrogen-bond acceptors (Lipinski definition) is 0. The molecule has 0 unspecified atom stereocenters. The first-order chi connectivity index (χ1) is 16.5. The molecular formula is C26H50B2Br4P2. The van der Waals surface area contributed by atoms with Crippen LogP contribution in [0.15, 0.2) is 0 Å². The fraction of sp³-hybridized carbons (Fsp3) is 1.00. The maximum absolute atomic E-state index is 4.41. The monoisotopic (exact) mass is 762 g/mol. The van der Waals surface area contributed by atoms with E-state index in [0.717, 1.165) is 22.6 Å². The molecule has 0 nitrogen and oxygen atoms in total. The molecule has 0 spiro atoms. The van der Waals surface area contributed by atoms with Crippen molar-refractivity contribution in [3.63, 3.8) is 0 Å². The van der Waals surface area contributed by atoms with Crippen LogP contribution in [0.2, 0.25) is 0 Å². The van der Waals surface area contributed by atoms with Crippen molar-refractivity contribution in [2.45, 2.75) is 151 Å². The summed E-state index contributed by atoms with van der Waals surface area (Å²) in [7, 11) is -2.08. The molecule has 4 rings (SSSR count). The van der Waals surface area contributed by atoms with E-state index in [1.54, 1.807) is 63.7 Å². The van der Waals surface area contributed by atoms with Crippen LogP contribution in [0, 0.1) is 0 Å². The van der Waals surface area contributed by atoms with Crippen LogP contribution in [0.3, 0.4) is 0 Å². The third-order valence-corrected chi connectivity index (χ3v) is 34.4. The van der Waals surface area contributed by atoms with Crippen LogP contribution in [0.25, 0.3) is 0 Å².